The Morgan fingerprint density at radius 2 is 2.00 bits per heavy atom. The third-order valence-corrected chi connectivity index (χ3v) is 2.53. The van der Waals surface area contributed by atoms with E-state index in [2.05, 4.69) is 10.2 Å². The van der Waals surface area contributed by atoms with Crippen molar-refractivity contribution >= 4 is 11.9 Å². The largest absolute Gasteiger partial charge is 0.548 e. The zero-order valence-electron chi connectivity index (χ0n) is 8.91. The van der Waals surface area contributed by atoms with E-state index >= 15 is 0 Å². The quantitative estimate of drug-likeness (QED) is 0.497. The van der Waals surface area contributed by atoms with Crippen molar-refractivity contribution in [1.29, 1.82) is 0 Å². The first-order valence-corrected chi connectivity index (χ1v) is 5.06. The van der Waals surface area contributed by atoms with Crippen molar-refractivity contribution in [2.24, 2.45) is 0 Å². The molecular formula is C9H17N3O3. The molecule has 0 unspecified atom stereocenters. The van der Waals surface area contributed by atoms with Crippen LogP contribution in [-0.2, 0) is 9.59 Å². The molecule has 1 amide bonds. The number of quaternary nitrogens is 1. The van der Waals surface area contributed by atoms with E-state index in [9.17, 15) is 14.7 Å². The number of piperazine rings is 1. The van der Waals surface area contributed by atoms with Gasteiger partial charge in [0, 0.05) is 13.1 Å². The number of carboxylic acid groups (broad SMARTS) is 1. The van der Waals surface area contributed by atoms with Crippen molar-refractivity contribution in [2.75, 3.05) is 46.3 Å². The lowest BCUT2D eigenvalue weighted by Gasteiger charge is -2.29. The van der Waals surface area contributed by atoms with E-state index in [1.807, 2.05) is 7.05 Å². The topological polar surface area (TPSA) is 76.9 Å². The molecule has 1 heterocycles. The number of amides is 1. The zero-order valence-corrected chi connectivity index (χ0v) is 8.91. The maximum Gasteiger partial charge on any atom is 0.275 e. The van der Waals surface area contributed by atoms with Crippen LogP contribution in [0.15, 0.2) is 0 Å². The molecule has 86 valence electrons. The Hall–Kier alpha value is -1.14. The number of hydrogen-bond acceptors (Lipinski definition) is 4. The van der Waals surface area contributed by atoms with Gasteiger partial charge in [0.2, 0.25) is 0 Å². The minimum absolute atomic E-state index is 0.223. The SMILES string of the molecule is CN1CC[NH+](CC(=O)NCC(=O)[O-])CC1. The summed E-state index contributed by atoms with van der Waals surface area (Å²) in [7, 11) is 2.05. The van der Waals surface area contributed by atoms with Gasteiger partial charge < -0.3 is 20.1 Å². The normalized spacial score (nSPS) is 18.7. The van der Waals surface area contributed by atoms with Crippen LogP contribution >= 0.6 is 0 Å². The summed E-state index contributed by atoms with van der Waals surface area (Å²) < 4.78 is 0. The Kier molecular flexibility index (Phi) is 4.51. The van der Waals surface area contributed by atoms with Gasteiger partial charge in [0.25, 0.3) is 5.91 Å². The average molecular weight is 215 g/mol. The van der Waals surface area contributed by atoms with Crippen molar-refractivity contribution in [2.45, 2.75) is 0 Å². The molecule has 1 fully saturated rings. The molecule has 0 atom stereocenters. The highest BCUT2D eigenvalue weighted by molar-refractivity contribution is 5.81. The third kappa shape index (κ3) is 4.75. The molecule has 2 N–H and O–H groups in total. The Bertz CT molecular complexity index is 237. The molecule has 0 bridgehead atoms. The van der Waals surface area contributed by atoms with Crippen LogP contribution < -0.4 is 15.3 Å². The van der Waals surface area contributed by atoms with Crippen LogP contribution in [-0.4, -0.2) is 63.1 Å². The number of carboxylic acids is 1. The second-order valence-corrected chi connectivity index (χ2v) is 3.88. The molecule has 0 spiro atoms. The first-order valence-electron chi connectivity index (χ1n) is 5.06. The van der Waals surface area contributed by atoms with Crippen LogP contribution in [0.3, 0.4) is 0 Å². The Morgan fingerprint density at radius 1 is 1.40 bits per heavy atom. The fourth-order valence-corrected chi connectivity index (χ4v) is 1.57. The number of aliphatic carboxylic acids is 1. The van der Waals surface area contributed by atoms with E-state index in [0.717, 1.165) is 26.2 Å². The predicted molar refractivity (Wildman–Crippen MR) is 51.1 cm³/mol. The summed E-state index contributed by atoms with van der Waals surface area (Å²) in [5, 5.41) is 12.4. The van der Waals surface area contributed by atoms with Gasteiger partial charge in [0.05, 0.1) is 25.6 Å². The van der Waals surface area contributed by atoms with Crippen LogP contribution in [0.4, 0.5) is 0 Å². The van der Waals surface area contributed by atoms with Gasteiger partial charge in [-0.3, -0.25) is 9.69 Å². The van der Waals surface area contributed by atoms with E-state index in [4.69, 9.17) is 0 Å². The lowest BCUT2D eigenvalue weighted by atomic mass is 10.3. The maximum absolute atomic E-state index is 11.3. The number of likely N-dealkylation sites (N-methyl/N-ethyl adjacent to an activating group) is 1. The first-order chi connectivity index (χ1) is 7.08. The zero-order chi connectivity index (χ0) is 11.3. The molecule has 0 aromatic carbocycles. The van der Waals surface area contributed by atoms with Crippen molar-refractivity contribution in [1.82, 2.24) is 10.2 Å². The number of rotatable bonds is 4. The van der Waals surface area contributed by atoms with Gasteiger partial charge >= 0.3 is 0 Å². The summed E-state index contributed by atoms with van der Waals surface area (Å²) >= 11 is 0. The fraction of sp³-hybridized carbons (Fsp3) is 0.778. The summed E-state index contributed by atoms with van der Waals surface area (Å²) in [6, 6.07) is 0. The average Bonchev–Trinajstić information content (AvgIpc) is 2.19. The Balaban J connectivity index is 2.17. The Morgan fingerprint density at radius 3 is 2.53 bits per heavy atom. The number of carbonyl (C=O) groups excluding carboxylic acids is 2. The first kappa shape index (κ1) is 11.9. The molecule has 1 aliphatic heterocycles. The third-order valence-electron chi connectivity index (χ3n) is 2.53. The summed E-state index contributed by atoms with van der Waals surface area (Å²) in [6.07, 6.45) is 0. The lowest BCUT2D eigenvalue weighted by molar-refractivity contribution is -0.896. The molecule has 15 heavy (non-hydrogen) atoms. The molecule has 0 radical (unpaired) electrons. The number of hydrogen-bond donors (Lipinski definition) is 2. The van der Waals surface area contributed by atoms with Crippen molar-refractivity contribution in [3.05, 3.63) is 0 Å². The monoisotopic (exact) mass is 215 g/mol. The van der Waals surface area contributed by atoms with Gasteiger partial charge in [-0.1, -0.05) is 0 Å². The molecule has 1 aliphatic rings. The molecular weight excluding hydrogens is 198 g/mol. The standard InChI is InChI=1S/C9H17N3O3/c1-11-2-4-12(5-3-11)7-8(13)10-6-9(14)15/h2-7H2,1H3,(H,10,13)(H,14,15). The maximum atomic E-state index is 11.3. The minimum Gasteiger partial charge on any atom is -0.548 e. The molecule has 0 aliphatic carbocycles. The van der Waals surface area contributed by atoms with Gasteiger partial charge in [-0.15, -0.1) is 0 Å². The molecule has 0 aromatic rings. The molecule has 0 aromatic heterocycles. The second-order valence-electron chi connectivity index (χ2n) is 3.88. The highest BCUT2D eigenvalue weighted by Gasteiger charge is 2.19. The summed E-state index contributed by atoms with van der Waals surface area (Å²) in [6.45, 7) is 3.75. The van der Waals surface area contributed by atoms with E-state index < -0.39 is 12.5 Å². The van der Waals surface area contributed by atoms with E-state index in [1.165, 1.54) is 4.90 Å². The summed E-state index contributed by atoms with van der Waals surface area (Å²) in [5.74, 6) is -1.48. The van der Waals surface area contributed by atoms with Crippen molar-refractivity contribution < 1.29 is 19.6 Å². The van der Waals surface area contributed by atoms with E-state index in [0.29, 0.717) is 6.54 Å². The van der Waals surface area contributed by atoms with Crippen LogP contribution in [0.5, 0.6) is 0 Å². The lowest BCUT2D eigenvalue weighted by Crippen LogP contribution is -3.15. The second kappa shape index (κ2) is 5.67. The van der Waals surface area contributed by atoms with Crippen molar-refractivity contribution in [3.63, 3.8) is 0 Å². The smallest absolute Gasteiger partial charge is 0.275 e. The highest BCUT2D eigenvalue weighted by atomic mass is 16.4. The molecule has 1 saturated heterocycles. The van der Waals surface area contributed by atoms with Crippen LogP contribution in [0.25, 0.3) is 0 Å². The summed E-state index contributed by atoms with van der Waals surface area (Å²) in [5.41, 5.74) is 0. The fourth-order valence-electron chi connectivity index (χ4n) is 1.57. The molecule has 1 rings (SSSR count). The molecule has 6 nitrogen and oxygen atoms in total. The van der Waals surface area contributed by atoms with Gasteiger partial charge in [-0.2, -0.15) is 0 Å². The number of carbonyl (C=O) groups is 2. The Labute approximate surface area is 88.8 Å². The van der Waals surface area contributed by atoms with Gasteiger partial charge in [-0.25, -0.2) is 0 Å². The van der Waals surface area contributed by atoms with E-state index in [1.54, 1.807) is 0 Å². The molecule has 0 saturated carbocycles. The van der Waals surface area contributed by atoms with Gasteiger partial charge in [0.1, 0.15) is 0 Å². The number of nitrogens with zero attached hydrogens (tertiary/aromatic N) is 1. The van der Waals surface area contributed by atoms with Gasteiger partial charge in [0.15, 0.2) is 6.54 Å². The number of nitrogens with one attached hydrogen (secondary N) is 2. The highest BCUT2D eigenvalue weighted by Crippen LogP contribution is 1.80. The predicted octanol–water partition coefficient (Wildman–Crippen LogP) is -4.32. The van der Waals surface area contributed by atoms with Crippen LogP contribution in [0, 0.1) is 0 Å². The van der Waals surface area contributed by atoms with E-state index in [-0.39, 0.29) is 5.91 Å². The van der Waals surface area contributed by atoms with Crippen LogP contribution in [0.2, 0.25) is 0 Å². The molecule has 6 heteroatoms. The van der Waals surface area contributed by atoms with Gasteiger partial charge in [-0.05, 0) is 7.05 Å². The summed E-state index contributed by atoms with van der Waals surface area (Å²) in [4.78, 5) is 24.8. The van der Waals surface area contributed by atoms with Crippen molar-refractivity contribution in [3.8, 4) is 0 Å². The van der Waals surface area contributed by atoms with Crippen LogP contribution in [0.1, 0.15) is 0 Å². The minimum atomic E-state index is -1.25.